The van der Waals surface area contributed by atoms with Gasteiger partial charge in [-0.2, -0.15) is 0 Å². The van der Waals surface area contributed by atoms with E-state index in [1.807, 2.05) is 0 Å². The number of aliphatic hydroxyl groups is 1. The van der Waals surface area contributed by atoms with Gasteiger partial charge in [0.25, 0.3) is 0 Å². The smallest absolute Gasteiger partial charge is 0.126 e. The summed E-state index contributed by atoms with van der Waals surface area (Å²) in [5.41, 5.74) is 0.300. The molecule has 1 heterocycles. The number of piperidine rings is 1. The van der Waals surface area contributed by atoms with Crippen molar-refractivity contribution in [1.82, 2.24) is 5.32 Å². The van der Waals surface area contributed by atoms with E-state index in [-0.39, 0.29) is 6.04 Å². The highest BCUT2D eigenvalue weighted by Crippen LogP contribution is 2.26. The summed E-state index contributed by atoms with van der Waals surface area (Å²) in [5, 5.41) is 13.3. The fourth-order valence-corrected chi connectivity index (χ4v) is 2.37. The molecule has 1 saturated heterocycles. The van der Waals surface area contributed by atoms with Gasteiger partial charge in [0.05, 0.1) is 6.10 Å². The minimum atomic E-state index is -0.858. The molecule has 1 fully saturated rings. The Morgan fingerprint density at radius 3 is 2.53 bits per heavy atom. The first-order valence-corrected chi connectivity index (χ1v) is 5.93. The normalized spacial score (nSPS) is 26.8. The lowest BCUT2D eigenvalue weighted by Crippen LogP contribution is -2.41. The van der Waals surface area contributed by atoms with Crippen LogP contribution in [0.15, 0.2) is 18.2 Å². The minimum Gasteiger partial charge on any atom is -0.387 e. The second-order valence-corrected chi connectivity index (χ2v) is 4.84. The Hall–Kier alpha value is -1.00. The Morgan fingerprint density at radius 2 is 1.94 bits per heavy atom. The fraction of sp³-hybridized carbons (Fsp3) is 0.538. The third kappa shape index (κ3) is 3.01. The van der Waals surface area contributed by atoms with E-state index in [1.54, 1.807) is 0 Å². The highest BCUT2D eigenvalue weighted by molar-refractivity contribution is 5.21. The summed E-state index contributed by atoms with van der Waals surface area (Å²) in [6.45, 7) is 2.95. The Labute approximate surface area is 99.7 Å². The zero-order chi connectivity index (χ0) is 12.4. The molecule has 0 amide bonds. The lowest BCUT2D eigenvalue weighted by atomic mass is 9.89. The summed E-state index contributed by atoms with van der Waals surface area (Å²) >= 11 is 0. The molecule has 2 rings (SSSR count). The van der Waals surface area contributed by atoms with E-state index in [0.29, 0.717) is 11.5 Å². The van der Waals surface area contributed by atoms with Crippen LogP contribution in [0.5, 0.6) is 0 Å². The third-order valence-electron chi connectivity index (χ3n) is 3.31. The van der Waals surface area contributed by atoms with Crippen LogP contribution >= 0.6 is 0 Å². The lowest BCUT2D eigenvalue weighted by Gasteiger charge is -2.31. The molecule has 1 aliphatic rings. The second-order valence-electron chi connectivity index (χ2n) is 4.84. The summed E-state index contributed by atoms with van der Waals surface area (Å²) in [7, 11) is 0. The Morgan fingerprint density at radius 1 is 1.29 bits per heavy atom. The topological polar surface area (TPSA) is 32.3 Å². The van der Waals surface area contributed by atoms with Gasteiger partial charge in [-0.25, -0.2) is 8.78 Å². The maximum Gasteiger partial charge on any atom is 0.126 e. The molecule has 3 unspecified atom stereocenters. The lowest BCUT2D eigenvalue weighted by molar-refractivity contribution is 0.101. The van der Waals surface area contributed by atoms with Crippen LogP contribution in [0, 0.1) is 17.6 Å². The van der Waals surface area contributed by atoms with Crippen molar-refractivity contribution in [1.29, 1.82) is 0 Å². The van der Waals surface area contributed by atoms with E-state index in [0.717, 1.165) is 25.5 Å². The molecule has 0 saturated carbocycles. The average molecular weight is 241 g/mol. The van der Waals surface area contributed by atoms with Crippen LogP contribution < -0.4 is 5.32 Å². The van der Waals surface area contributed by atoms with E-state index >= 15 is 0 Å². The molecule has 1 aromatic carbocycles. The monoisotopic (exact) mass is 241 g/mol. The van der Waals surface area contributed by atoms with Gasteiger partial charge in [-0.1, -0.05) is 6.92 Å². The van der Waals surface area contributed by atoms with Crippen LogP contribution in [0.1, 0.15) is 31.4 Å². The molecular formula is C13H17F2NO. The van der Waals surface area contributed by atoms with Gasteiger partial charge >= 0.3 is 0 Å². The van der Waals surface area contributed by atoms with Crippen molar-refractivity contribution < 1.29 is 13.9 Å². The second kappa shape index (κ2) is 5.10. The molecular weight excluding hydrogens is 224 g/mol. The Bertz CT molecular complexity index is 377. The maximum atomic E-state index is 13.1. The highest BCUT2D eigenvalue weighted by Gasteiger charge is 2.26. The first-order valence-electron chi connectivity index (χ1n) is 5.93. The molecule has 4 heteroatoms. The number of aliphatic hydroxyl groups excluding tert-OH is 1. The quantitative estimate of drug-likeness (QED) is 0.833. The number of rotatable bonds is 2. The number of nitrogens with one attached hydrogen (secondary N) is 1. The molecule has 0 radical (unpaired) electrons. The van der Waals surface area contributed by atoms with Gasteiger partial charge in [-0.05, 0) is 43.0 Å². The van der Waals surface area contributed by atoms with Gasteiger partial charge in [0.1, 0.15) is 11.6 Å². The van der Waals surface area contributed by atoms with Crippen molar-refractivity contribution in [3.05, 3.63) is 35.4 Å². The van der Waals surface area contributed by atoms with Crippen LogP contribution in [0.3, 0.4) is 0 Å². The predicted octanol–water partition coefficient (Wildman–Crippen LogP) is 2.39. The molecule has 0 bridgehead atoms. The zero-order valence-corrected chi connectivity index (χ0v) is 9.79. The molecule has 94 valence electrons. The molecule has 1 aliphatic heterocycles. The molecule has 0 aliphatic carbocycles. The van der Waals surface area contributed by atoms with Crippen molar-refractivity contribution in [2.45, 2.75) is 31.9 Å². The Kier molecular flexibility index (Phi) is 3.74. The summed E-state index contributed by atoms with van der Waals surface area (Å²) in [4.78, 5) is 0. The number of halogens is 2. The number of benzene rings is 1. The van der Waals surface area contributed by atoms with E-state index in [1.165, 1.54) is 12.1 Å². The van der Waals surface area contributed by atoms with Gasteiger partial charge in [-0.15, -0.1) is 0 Å². The standard InChI is InChI=1S/C13H17F2NO/c1-8-2-3-16-12(4-8)13(17)9-5-10(14)7-11(15)6-9/h5-8,12-13,16-17H,2-4H2,1H3. The van der Waals surface area contributed by atoms with Crippen LogP contribution in [-0.2, 0) is 0 Å². The molecule has 3 atom stereocenters. The van der Waals surface area contributed by atoms with Crippen LogP contribution in [0.25, 0.3) is 0 Å². The molecule has 0 spiro atoms. The highest BCUT2D eigenvalue weighted by atomic mass is 19.1. The molecule has 0 aromatic heterocycles. The summed E-state index contributed by atoms with van der Waals surface area (Å²) < 4.78 is 26.1. The fourth-order valence-electron chi connectivity index (χ4n) is 2.37. The van der Waals surface area contributed by atoms with Crippen LogP contribution in [-0.4, -0.2) is 17.7 Å². The van der Waals surface area contributed by atoms with Crippen molar-refractivity contribution in [3.8, 4) is 0 Å². The van der Waals surface area contributed by atoms with Gasteiger partial charge < -0.3 is 10.4 Å². The van der Waals surface area contributed by atoms with E-state index < -0.39 is 17.7 Å². The summed E-state index contributed by atoms with van der Waals surface area (Å²) in [6, 6.07) is 3.07. The maximum absolute atomic E-state index is 13.1. The van der Waals surface area contributed by atoms with Gasteiger partial charge in [-0.3, -0.25) is 0 Å². The first kappa shape index (κ1) is 12.5. The zero-order valence-electron chi connectivity index (χ0n) is 9.79. The van der Waals surface area contributed by atoms with Crippen LogP contribution in [0.2, 0.25) is 0 Å². The molecule has 2 N–H and O–H groups in total. The minimum absolute atomic E-state index is 0.125. The van der Waals surface area contributed by atoms with Crippen molar-refractivity contribution in [2.24, 2.45) is 5.92 Å². The predicted molar refractivity (Wildman–Crippen MR) is 61.5 cm³/mol. The molecule has 1 aromatic rings. The van der Waals surface area contributed by atoms with Crippen molar-refractivity contribution in [2.75, 3.05) is 6.54 Å². The average Bonchev–Trinajstić information content (AvgIpc) is 2.26. The Balaban J connectivity index is 2.15. The SMILES string of the molecule is CC1CCNC(C(O)c2cc(F)cc(F)c2)C1. The molecule has 17 heavy (non-hydrogen) atoms. The summed E-state index contributed by atoms with van der Waals surface area (Å²) in [6.07, 6.45) is 1.03. The number of hydrogen-bond acceptors (Lipinski definition) is 2. The van der Waals surface area contributed by atoms with Crippen molar-refractivity contribution >= 4 is 0 Å². The van der Waals surface area contributed by atoms with Gasteiger partial charge in [0.15, 0.2) is 0 Å². The van der Waals surface area contributed by atoms with Gasteiger partial charge in [0.2, 0.25) is 0 Å². The van der Waals surface area contributed by atoms with E-state index in [4.69, 9.17) is 0 Å². The van der Waals surface area contributed by atoms with Crippen LogP contribution in [0.4, 0.5) is 8.78 Å². The van der Waals surface area contributed by atoms with Gasteiger partial charge in [0, 0.05) is 12.1 Å². The molecule has 2 nitrogen and oxygen atoms in total. The summed E-state index contributed by atoms with van der Waals surface area (Å²) in [5.74, 6) is -0.778. The number of hydrogen-bond donors (Lipinski definition) is 2. The first-order chi connectivity index (χ1) is 8.06. The largest absolute Gasteiger partial charge is 0.387 e. The van der Waals surface area contributed by atoms with E-state index in [2.05, 4.69) is 12.2 Å². The van der Waals surface area contributed by atoms with E-state index in [9.17, 15) is 13.9 Å². The third-order valence-corrected chi connectivity index (χ3v) is 3.31. The van der Waals surface area contributed by atoms with Crippen molar-refractivity contribution in [3.63, 3.8) is 0 Å².